The molecule has 28 heavy (non-hydrogen) atoms. The Morgan fingerprint density at radius 3 is 2.11 bits per heavy atom. The van der Waals surface area contributed by atoms with Crippen molar-refractivity contribution in [1.82, 2.24) is 0 Å². The van der Waals surface area contributed by atoms with E-state index in [0.29, 0.717) is 0 Å². The molecule has 2 amide bonds. The fourth-order valence-electron chi connectivity index (χ4n) is 3.94. The zero-order valence-electron chi connectivity index (χ0n) is 14.8. The number of halogens is 4. The Bertz CT molecular complexity index is 1060. The van der Waals surface area contributed by atoms with E-state index in [1.807, 2.05) is 0 Å². The van der Waals surface area contributed by atoms with E-state index >= 15 is 4.39 Å². The lowest BCUT2D eigenvalue weighted by Crippen LogP contribution is -2.51. The van der Waals surface area contributed by atoms with Gasteiger partial charge in [0.05, 0.1) is 11.3 Å². The summed E-state index contributed by atoms with van der Waals surface area (Å²) in [4.78, 5) is 27.4. The van der Waals surface area contributed by atoms with Crippen LogP contribution in [0.15, 0.2) is 54.4 Å². The van der Waals surface area contributed by atoms with Crippen molar-refractivity contribution in [2.45, 2.75) is 11.6 Å². The predicted octanol–water partition coefficient (Wildman–Crippen LogP) is 3.82. The fraction of sp³-hybridized carbons (Fsp3) is 0.200. The second-order valence-corrected chi connectivity index (χ2v) is 6.70. The molecule has 4 nitrogen and oxygen atoms in total. The molecule has 1 atom stereocenters. The summed E-state index contributed by atoms with van der Waals surface area (Å²) in [7, 11) is 2.50. The van der Waals surface area contributed by atoms with E-state index in [1.54, 1.807) is 6.07 Å². The number of hydrogen-bond donors (Lipinski definition) is 0. The van der Waals surface area contributed by atoms with Crippen LogP contribution in [0.4, 0.5) is 28.9 Å². The second-order valence-electron chi connectivity index (χ2n) is 6.70. The summed E-state index contributed by atoms with van der Waals surface area (Å²) < 4.78 is 59.0. The van der Waals surface area contributed by atoms with Gasteiger partial charge in [0.1, 0.15) is 5.83 Å². The van der Waals surface area contributed by atoms with Crippen molar-refractivity contribution in [2.75, 3.05) is 23.9 Å². The van der Waals surface area contributed by atoms with Gasteiger partial charge in [0.25, 0.3) is 11.8 Å². The Morgan fingerprint density at radius 2 is 1.46 bits per heavy atom. The molecule has 0 aliphatic carbocycles. The Kier molecular flexibility index (Phi) is 3.69. The summed E-state index contributed by atoms with van der Waals surface area (Å²) >= 11 is 0. The molecular formula is C20H14F4N2O2. The number of rotatable bonds is 1. The van der Waals surface area contributed by atoms with Gasteiger partial charge in [0.2, 0.25) is 5.41 Å². The average molecular weight is 390 g/mol. The third-order valence-electron chi connectivity index (χ3n) is 5.32. The van der Waals surface area contributed by atoms with Crippen molar-refractivity contribution in [3.63, 3.8) is 0 Å². The molecule has 8 heteroatoms. The molecule has 0 bridgehead atoms. The number of para-hydroxylation sites is 2. The van der Waals surface area contributed by atoms with Gasteiger partial charge in [-0.2, -0.15) is 13.2 Å². The lowest BCUT2D eigenvalue weighted by Gasteiger charge is -2.30. The number of anilines is 2. The van der Waals surface area contributed by atoms with Crippen LogP contribution < -0.4 is 9.80 Å². The Labute approximate surface area is 157 Å². The third-order valence-corrected chi connectivity index (χ3v) is 5.32. The Balaban J connectivity index is 2.12. The molecule has 0 aromatic heterocycles. The molecule has 2 aromatic carbocycles. The molecular weight excluding hydrogens is 376 g/mol. The molecule has 0 saturated carbocycles. The van der Waals surface area contributed by atoms with Gasteiger partial charge in [0.15, 0.2) is 0 Å². The minimum Gasteiger partial charge on any atom is -0.314 e. The fourth-order valence-corrected chi connectivity index (χ4v) is 3.94. The second kappa shape index (κ2) is 5.67. The highest BCUT2D eigenvalue weighted by Gasteiger charge is 2.70. The molecule has 4 rings (SSSR count). The first-order valence-electron chi connectivity index (χ1n) is 8.36. The number of alkyl halides is 3. The summed E-state index contributed by atoms with van der Waals surface area (Å²) in [5, 5.41) is 0. The normalized spacial score (nSPS) is 23.2. The van der Waals surface area contributed by atoms with Crippen LogP contribution in [0, 0.1) is 0 Å². The van der Waals surface area contributed by atoms with Crippen LogP contribution in [0.1, 0.15) is 11.1 Å². The number of carbonyl (C=O) groups excluding carboxylic acids is 2. The van der Waals surface area contributed by atoms with E-state index in [2.05, 4.69) is 0 Å². The van der Waals surface area contributed by atoms with Gasteiger partial charge in [-0.05, 0) is 12.1 Å². The van der Waals surface area contributed by atoms with Crippen molar-refractivity contribution >= 4 is 28.8 Å². The number of carbonyl (C=O) groups is 2. The molecule has 144 valence electrons. The molecule has 0 saturated heterocycles. The van der Waals surface area contributed by atoms with Gasteiger partial charge < -0.3 is 9.80 Å². The van der Waals surface area contributed by atoms with Crippen LogP contribution in [0.5, 0.6) is 0 Å². The monoisotopic (exact) mass is 390 g/mol. The van der Waals surface area contributed by atoms with E-state index in [9.17, 15) is 22.8 Å². The first-order valence-corrected chi connectivity index (χ1v) is 8.36. The van der Waals surface area contributed by atoms with E-state index in [-0.39, 0.29) is 16.9 Å². The van der Waals surface area contributed by atoms with Crippen molar-refractivity contribution < 1.29 is 27.2 Å². The highest BCUT2D eigenvalue weighted by molar-refractivity contribution is 6.34. The van der Waals surface area contributed by atoms with E-state index < -0.39 is 40.4 Å². The number of fused-ring (bicyclic) bond motifs is 2. The average Bonchev–Trinajstić information content (AvgIpc) is 3.05. The van der Waals surface area contributed by atoms with E-state index in [4.69, 9.17) is 0 Å². The van der Waals surface area contributed by atoms with Gasteiger partial charge in [-0.15, -0.1) is 0 Å². The van der Waals surface area contributed by atoms with Crippen LogP contribution in [0.3, 0.4) is 0 Å². The standard InChI is InChI=1S/C20H14F4N2O2/c1-25-13-9-5-3-7-11(13)15(17(25)27)16(21)19(20(22,23)24)12-8-4-6-10-14(12)26(2)18(19)28/h3-10H,1-2H3/b16-15+/t19-/m0/s1. The number of benzene rings is 2. The van der Waals surface area contributed by atoms with Crippen LogP contribution in [0.25, 0.3) is 5.57 Å². The smallest absolute Gasteiger partial charge is 0.314 e. The molecule has 0 radical (unpaired) electrons. The Morgan fingerprint density at radius 1 is 0.893 bits per heavy atom. The van der Waals surface area contributed by atoms with Crippen LogP contribution in [-0.4, -0.2) is 32.1 Å². The maximum Gasteiger partial charge on any atom is 0.413 e. The summed E-state index contributed by atoms with van der Waals surface area (Å²) in [6, 6.07) is 11.1. The number of amides is 2. The largest absolute Gasteiger partial charge is 0.413 e. The van der Waals surface area contributed by atoms with Crippen LogP contribution in [0.2, 0.25) is 0 Å². The topological polar surface area (TPSA) is 40.6 Å². The molecule has 2 heterocycles. The highest BCUT2D eigenvalue weighted by Crippen LogP contribution is 2.57. The van der Waals surface area contributed by atoms with E-state index in [1.165, 1.54) is 43.4 Å². The van der Waals surface area contributed by atoms with Crippen molar-refractivity contribution in [3.05, 3.63) is 65.5 Å². The van der Waals surface area contributed by atoms with Gasteiger partial charge >= 0.3 is 6.18 Å². The summed E-state index contributed by atoms with van der Waals surface area (Å²) in [6.07, 6.45) is -5.29. The maximum atomic E-state index is 15.8. The van der Waals surface area contributed by atoms with Crippen molar-refractivity contribution in [1.29, 1.82) is 0 Å². The lowest BCUT2D eigenvalue weighted by atomic mass is 9.77. The number of likely N-dealkylation sites (N-methyl/N-ethyl adjacent to an activating group) is 2. The summed E-state index contributed by atoms with van der Waals surface area (Å²) in [6.45, 7) is 0. The molecule has 2 aliphatic rings. The first kappa shape index (κ1) is 18.2. The molecule has 0 fully saturated rings. The zero-order valence-corrected chi connectivity index (χ0v) is 14.8. The summed E-state index contributed by atoms with van der Waals surface area (Å²) in [5.41, 5.74) is -4.58. The van der Waals surface area contributed by atoms with Crippen LogP contribution in [-0.2, 0) is 15.0 Å². The van der Waals surface area contributed by atoms with Crippen LogP contribution >= 0.6 is 0 Å². The lowest BCUT2D eigenvalue weighted by molar-refractivity contribution is -0.186. The van der Waals surface area contributed by atoms with Gasteiger partial charge in [0, 0.05) is 30.9 Å². The maximum absolute atomic E-state index is 15.8. The molecule has 0 N–H and O–H groups in total. The first-order chi connectivity index (χ1) is 13.1. The van der Waals surface area contributed by atoms with Gasteiger partial charge in [-0.25, -0.2) is 4.39 Å². The zero-order chi connectivity index (χ0) is 20.4. The third kappa shape index (κ3) is 2.00. The van der Waals surface area contributed by atoms with Crippen molar-refractivity contribution in [3.8, 4) is 0 Å². The highest BCUT2D eigenvalue weighted by atomic mass is 19.4. The summed E-state index contributed by atoms with van der Waals surface area (Å²) in [5.74, 6) is -4.21. The van der Waals surface area contributed by atoms with Gasteiger partial charge in [-0.1, -0.05) is 36.4 Å². The number of nitrogens with zero attached hydrogens (tertiary/aromatic N) is 2. The molecule has 2 aliphatic heterocycles. The predicted molar refractivity (Wildman–Crippen MR) is 95.5 cm³/mol. The quantitative estimate of drug-likeness (QED) is 0.549. The minimum absolute atomic E-state index is 0.0240. The van der Waals surface area contributed by atoms with Crippen molar-refractivity contribution in [2.24, 2.45) is 0 Å². The Hall–Kier alpha value is -3.16. The molecule has 0 unspecified atom stereocenters. The minimum atomic E-state index is -5.29. The molecule has 0 spiro atoms. The SMILES string of the molecule is CN1C(=O)/C(=C(/F)[C@]2(C(F)(F)F)C(=O)N(C)c3ccccc32)c2ccccc21. The molecule has 2 aromatic rings. The van der Waals surface area contributed by atoms with Gasteiger partial charge in [-0.3, -0.25) is 9.59 Å². The number of hydrogen-bond acceptors (Lipinski definition) is 2. The van der Waals surface area contributed by atoms with E-state index in [0.717, 1.165) is 22.9 Å².